The molecule has 1 aliphatic carbocycles. The highest BCUT2D eigenvalue weighted by Gasteiger charge is 2.40. The first-order chi connectivity index (χ1) is 12.8. The summed E-state index contributed by atoms with van der Waals surface area (Å²) >= 11 is 11.3. The predicted molar refractivity (Wildman–Crippen MR) is 96.0 cm³/mol. The second-order valence-corrected chi connectivity index (χ2v) is 6.94. The van der Waals surface area contributed by atoms with Crippen LogP contribution in [0.5, 0.6) is 0 Å². The molecule has 1 saturated carbocycles. The molecule has 3 rings (SSSR count). The van der Waals surface area contributed by atoms with Crippen molar-refractivity contribution in [2.75, 3.05) is 18.4 Å². The zero-order valence-electron chi connectivity index (χ0n) is 13.8. The molecule has 1 aromatic heterocycles. The molecule has 10 heteroatoms. The molecule has 2 atom stereocenters. The van der Waals surface area contributed by atoms with Gasteiger partial charge in [-0.25, -0.2) is 18.7 Å². The van der Waals surface area contributed by atoms with E-state index in [4.69, 9.17) is 23.2 Å². The first-order valence-corrected chi connectivity index (χ1v) is 8.75. The van der Waals surface area contributed by atoms with Crippen LogP contribution in [0.1, 0.15) is 16.8 Å². The number of rotatable bonds is 6. The van der Waals surface area contributed by atoms with Crippen molar-refractivity contribution in [2.45, 2.75) is 12.6 Å². The number of hydrogen-bond donors (Lipinski definition) is 1. The van der Waals surface area contributed by atoms with E-state index >= 15 is 0 Å². The summed E-state index contributed by atoms with van der Waals surface area (Å²) in [5.74, 6) is -2.25. The van der Waals surface area contributed by atoms with Crippen molar-refractivity contribution < 1.29 is 18.4 Å². The number of aromatic nitrogens is 2. The van der Waals surface area contributed by atoms with Crippen LogP contribution in [0.15, 0.2) is 30.6 Å². The van der Waals surface area contributed by atoms with Gasteiger partial charge in [0.05, 0.1) is 22.4 Å². The number of amides is 2. The zero-order valence-corrected chi connectivity index (χ0v) is 15.3. The first kappa shape index (κ1) is 19.4. The zero-order chi connectivity index (χ0) is 19.6. The molecule has 142 valence electrons. The Morgan fingerprint density at radius 3 is 2.52 bits per heavy atom. The fourth-order valence-corrected chi connectivity index (χ4v) is 2.64. The molecular weight excluding hydrogens is 401 g/mol. The van der Waals surface area contributed by atoms with E-state index in [1.165, 1.54) is 24.5 Å². The van der Waals surface area contributed by atoms with Gasteiger partial charge in [-0.05, 0) is 24.6 Å². The van der Waals surface area contributed by atoms with E-state index in [0.29, 0.717) is 11.4 Å². The fraction of sp³-hybridized carbons (Fsp3) is 0.294. The number of hydrogen-bond acceptors (Lipinski definition) is 4. The third-order valence-electron chi connectivity index (χ3n) is 3.95. The summed E-state index contributed by atoms with van der Waals surface area (Å²) in [6, 6.07) is 3.58. The van der Waals surface area contributed by atoms with E-state index in [0.717, 1.165) is 11.0 Å². The third kappa shape index (κ3) is 5.11. The van der Waals surface area contributed by atoms with E-state index in [1.54, 1.807) is 0 Å². The molecule has 0 radical (unpaired) electrons. The lowest BCUT2D eigenvalue weighted by molar-refractivity contribution is -0.117. The lowest BCUT2D eigenvalue weighted by Crippen LogP contribution is -2.39. The SMILES string of the molecule is O=C(CN(CC1CC1F)C(=O)c1ccc(Cl)c(F)c1)Nc1ncc(Cl)cn1. The molecule has 1 aromatic carbocycles. The Kier molecular flexibility index (Phi) is 5.86. The van der Waals surface area contributed by atoms with E-state index < -0.39 is 23.8 Å². The van der Waals surface area contributed by atoms with Gasteiger partial charge < -0.3 is 4.90 Å². The van der Waals surface area contributed by atoms with Gasteiger partial charge in [0.1, 0.15) is 18.5 Å². The fourth-order valence-electron chi connectivity index (χ4n) is 2.43. The van der Waals surface area contributed by atoms with Crippen LogP contribution in [0.4, 0.5) is 14.7 Å². The van der Waals surface area contributed by atoms with Crippen LogP contribution < -0.4 is 5.32 Å². The maximum Gasteiger partial charge on any atom is 0.254 e. The van der Waals surface area contributed by atoms with Gasteiger partial charge in [0, 0.05) is 18.0 Å². The van der Waals surface area contributed by atoms with Crippen molar-refractivity contribution in [3.8, 4) is 0 Å². The number of nitrogens with zero attached hydrogens (tertiary/aromatic N) is 3. The van der Waals surface area contributed by atoms with Gasteiger partial charge in [0.25, 0.3) is 5.91 Å². The molecule has 1 fully saturated rings. The third-order valence-corrected chi connectivity index (χ3v) is 4.45. The van der Waals surface area contributed by atoms with E-state index in [9.17, 15) is 18.4 Å². The van der Waals surface area contributed by atoms with Gasteiger partial charge >= 0.3 is 0 Å². The molecule has 2 amide bonds. The molecule has 6 nitrogen and oxygen atoms in total. The minimum Gasteiger partial charge on any atom is -0.329 e. The molecule has 0 aliphatic heterocycles. The van der Waals surface area contributed by atoms with Crippen LogP contribution in [0.3, 0.4) is 0 Å². The van der Waals surface area contributed by atoms with Crippen molar-refractivity contribution in [1.29, 1.82) is 0 Å². The summed E-state index contributed by atoms with van der Waals surface area (Å²) in [5.41, 5.74) is 0.0171. The number of carbonyl (C=O) groups excluding carboxylic acids is 2. The predicted octanol–water partition coefficient (Wildman–Crippen LogP) is 3.36. The number of anilines is 1. The van der Waals surface area contributed by atoms with Crippen molar-refractivity contribution in [3.63, 3.8) is 0 Å². The lowest BCUT2D eigenvalue weighted by atomic mass is 10.2. The summed E-state index contributed by atoms with van der Waals surface area (Å²) in [6.07, 6.45) is 1.92. The Morgan fingerprint density at radius 1 is 1.26 bits per heavy atom. The highest BCUT2D eigenvalue weighted by Crippen LogP contribution is 2.34. The van der Waals surface area contributed by atoms with E-state index in [1.807, 2.05) is 0 Å². The van der Waals surface area contributed by atoms with Gasteiger partial charge in [0.2, 0.25) is 11.9 Å². The quantitative estimate of drug-likeness (QED) is 0.785. The molecule has 1 aliphatic rings. The van der Waals surface area contributed by atoms with Gasteiger partial charge in [-0.15, -0.1) is 0 Å². The smallest absolute Gasteiger partial charge is 0.254 e. The van der Waals surface area contributed by atoms with Gasteiger partial charge in [-0.2, -0.15) is 0 Å². The molecule has 1 heterocycles. The van der Waals surface area contributed by atoms with Crippen molar-refractivity contribution in [1.82, 2.24) is 14.9 Å². The topological polar surface area (TPSA) is 75.2 Å². The Bertz CT molecular complexity index is 867. The number of nitrogens with one attached hydrogen (secondary N) is 1. The summed E-state index contributed by atoms with van der Waals surface area (Å²) in [6.45, 7) is -0.322. The Labute approximate surface area is 163 Å². The molecule has 0 bridgehead atoms. The first-order valence-electron chi connectivity index (χ1n) is 7.99. The molecule has 27 heavy (non-hydrogen) atoms. The Morgan fingerprint density at radius 2 is 1.93 bits per heavy atom. The van der Waals surface area contributed by atoms with Crippen molar-refractivity contribution in [3.05, 3.63) is 52.0 Å². The standard InChI is InChI=1S/C17H14Cl2F2N4O2/c18-11-5-22-17(23-6-11)24-15(26)8-25(7-10-4-13(10)20)16(27)9-1-2-12(19)14(21)3-9/h1-3,5-6,10,13H,4,7-8H2,(H,22,23,24,26). The largest absolute Gasteiger partial charge is 0.329 e. The van der Waals surface area contributed by atoms with Crippen LogP contribution in [0.25, 0.3) is 0 Å². The van der Waals surface area contributed by atoms with Gasteiger partial charge in [0.15, 0.2) is 0 Å². The number of benzene rings is 1. The second-order valence-electron chi connectivity index (χ2n) is 6.10. The maximum atomic E-state index is 13.7. The van der Waals surface area contributed by atoms with Crippen molar-refractivity contribution >= 4 is 41.0 Å². The lowest BCUT2D eigenvalue weighted by Gasteiger charge is -2.22. The molecule has 2 unspecified atom stereocenters. The highest BCUT2D eigenvalue weighted by molar-refractivity contribution is 6.31. The molecule has 0 saturated heterocycles. The number of alkyl halides is 1. The number of carbonyl (C=O) groups is 2. The van der Waals surface area contributed by atoms with E-state index in [2.05, 4.69) is 15.3 Å². The normalized spacial score (nSPS) is 18.1. The van der Waals surface area contributed by atoms with Crippen LogP contribution in [0, 0.1) is 11.7 Å². The van der Waals surface area contributed by atoms with Crippen LogP contribution >= 0.6 is 23.2 Å². The summed E-state index contributed by atoms with van der Waals surface area (Å²) in [4.78, 5) is 33.7. The van der Waals surface area contributed by atoms with Gasteiger partial charge in [-0.3, -0.25) is 14.9 Å². The monoisotopic (exact) mass is 414 g/mol. The average Bonchev–Trinajstić information content (AvgIpc) is 3.33. The summed E-state index contributed by atoms with van der Waals surface area (Å²) in [7, 11) is 0. The highest BCUT2D eigenvalue weighted by atomic mass is 35.5. The van der Waals surface area contributed by atoms with Crippen LogP contribution in [-0.2, 0) is 4.79 Å². The van der Waals surface area contributed by atoms with Crippen LogP contribution in [0.2, 0.25) is 10.0 Å². The summed E-state index contributed by atoms with van der Waals surface area (Å²) in [5, 5.41) is 2.61. The molecular formula is C17H14Cl2F2N4O2. The second kappa shape index (κ2) is 8.14. The molecule has 2 aromatic rings. The van der Waals surface area contributed by atoms with Gasteiger partial charge in [-0.1, -0.05) is 23.2 Å². The molecule has 1 N–H and O–H groups in total. The minimum absolute atomic E-state index is 0.0171. The summed E-state index contributed by atoms with van der Waals surface area (Å²) < 4.78 is 26.9. The Hall–Kier alpha value is -2.32. The van der Waals surface area contributed by atoms with Crippen LogP contribution in [-0.4, -0.2) is 45.9 Å². The minimum atomic E-state index is -1.01. The number of halogens is 4. The maximum absolute atomic E-state index is 13.7. The molecule has 0 spiro atoms. The Balaban J connectivity index is 1.72. The van der Waals surface area contributed by atoms with Crippen molar-refractivity contribution in [2.24, 2.45) is 5.92 Å². The average molecular weight is 415 g/mol. The van der Waals surface area contributed by atoms with E-state index in [-0.39, 0.29) is 35.5 Å².